The Morgan fingerprint density at radius 1 is 0.650 bits per heavy atom. The third kappa shape index (κ3) is 7.11. The molecule has 7 N–H and O–H groups in total. The number of pyridine rings is 2. The minimum atomic E-state index is 0.176. The van der Waals surface area contributed by atoms with Crippen LogP contribution in [0, 0.1) is 40.5 Å². The van der Waals surface area contributed by atoms with E-state index in [1.165, 1.54) is 27.6 Å². The van der Waals surface area contributed by atoms with Crippen molar-refractivity contribution < 1.29 is 4.52 Å². The van der Waals surface area contributed by atoms with E-state index in [9.17, 15) is 0 Å². The predicted molar refractivity (Wildman–Crippen MR) is 240 cm³/mol. The van der Waals surface area contributed by atoms with E-state index < -0.39 is 0 Å². The van der Waals surface area contributed by atoms with Gasteiger partial charge in [0.05, 0.1) is 17.1 Å². The summed E-state index contributed by atoms with van der Waals surface area (Å²) in [6.45, 7) is 12.5. The average molecular weight is 796 g/mol. The highest BCUT2D eigenvalue weighted by Crippen LogP contribution is 2.36. The van der Waals surface area contributed by atoms with Gasteiger partial charge in [0, 0.05) is 85.7 Å². The van der Waals surface area contributed by atoms with Crippen molar-refractivity contribution in [3.63, 3.8) is 0 Å². The number of nitrogens with one attached hydrogen (secondary N) is 5. The smallest absolute Gasteiger partial charge is 0.263 e. The molecule has 0 spiro atoms. The van der Waals surface area contributed by atoms with E-state index >= 15 is 0 Å². The first-order chi connectivity index (χ1) is 29.1. The van der Waals surface area contributed by atoms with Gasteiger partial charge in [-0.25, -0.2) is 4.98 Å². The number of hydrogen-bond acceptors (Lipinski definition) is 9. The van der Waals surface area contributed by atoms with Crippen LogP contribution in [0.2, 0.25) is 0 Å². The van der Waals surface area contributed by atoms with Crippen LogP contribution in [-0.2, 0) is 6.42 Å². The summed E-state index contributed by atoms with van der Waals surface area (Å²) >= 11 is 0. The summed E-state index contributed by atoms with van der Waals surface area (Å²) in [7, 11) is 0. The molecule has 9 aromatic rings. The molecule has 1 saturated heterocycles. The number of fused-ring (bicyclic) bond motifs is 3. The molecule has 10 rings (SSSR count). The summed E-state index contributed by atoms with van der Waals surface area (Å²) in [5.74, 6) is 2.37. The molecule has 7 heterocycles. The fraction of sp³-hybridized carbons (Fsp3) is 0.271. The van der Waals surface area contributed by atoms with Crippen molar-refractivity contribution in [1.29, 1.82) is 0 Å². The van der Waals surface area contributed by atoms with Crippen molar-refractivity contribution in [2.75, 3.05) is 25.0 Å². The first-order valence-electron chi connectivity index (χ1n) is 20.9. The van der Waals surface area contributed by atoms with Gasteiger partial charge in [0.2, 0.25) is 0 Å². The van der Waals surface area contributed by atoms with Gasteiger partial charge in [-0.15, -0.1) is 0 Å². The van der Waals surface area contributed by atoms with Crippen LogP contribution >= 0.6 is 0 Å². The Labute approximate surface area is 347 Å². The second kappa shape index (κ2) is 15.2. The standard InChI is InChI=1S/C48H49N11O/c1-25-16-34(17-26(2)52-25)44-28(4)37-10-7-31(21-41(37)54-44)32-9-13-39-43(22-32)57-46(56-39)40-12-6-30(24-51-40)19-36-20-35(18-27(3)53-36)45-29(5)38-11-8-33(23-42(38)55-45)47-58-48(59-60-47)50-15-14-49/h7-11,13,16-18,20-23,30,40,51,54-55H,6,12,14-15,19,24,49H2,1-5H3,(H,50,59)(H,56,57). The molecule has 12 nitrogen and oxygen atoms in total. The Morgan fingerprint density at radius 2 is 1.28 bits per heavy atom. The number of piperidine rings is 1. The van der Waals surface area contributed by atoms with E-state index in [1.807, 2.05) is 19.9 Å². The summed E-state index contributed by atoms with van der Waals surface area (Å²) in [6, 6.07) is 28.3. The first kappa shape index (κ1) is 37.6. The molecule has 6 aromatic heterocycles. The van der Waals surface area contributed by atoms with Crippen LogP contribution in [0.25, 0.3) is 77.9 Å². The molecule has 12 heteroatoms. The zero-order chi connectivity index (χ0) is 41.1. The van der Waals surface area contributed by atoms with Gasteiger partial charge in [-0.1, -0.05) is 24.3 Å². The summed E-state index contributed by atoms with van der Waals surface area (Å²) in [6.07, 6.45) is 3.01. The molecule has 0 amide bonds. The minimum Gasteiger partial charge on any atom is -0.354 e. The first-order valence-corrected chi connectivity index (χ1v) is 20.9. The van der Waals surface area contributed by atoms with Crippen molar-refractivity contribution in [3.05, 3.63) is 119 Å². The van der Waals surface area contributed by atoms with Crippen molar-refractivity contribution in [2.24, 2.45) is 11.7 Å². The third-order valence-electron chi connectivity index (χ3n) is 12.1. The van der Waals surface area contributed by atoms with E-state index in [4.69, 9.17) is 20.2 Å². The number of nitrogens with zero attached hydrogens (tertiary/aromatic N) is 5. The van der Waals surface area contributed by atoms with Crippen molar-refractivity contribution in [1.82, 2.24) is 45.4 Å². The molecule has 60 heavy (non-hydrogen) atoms. The Morgan fingerprint density at radius 3 is 1.97 bits per heavy atom. The van der Waals surface area contributed by atoms with Crippen LogP contribution < -0.4 is 16.4 Å². The molecule has 1 aliphatic heterocycles. The number of rotatable bonds is 10. The van der Waals surface area contributed by atoms with Crippen LogP contribution in [0.5, 0.6) is 0 Å². The average Bonchev–Trinajstić information content (AvgIpc) is 4.04. The molecule has 2 unspecified atom stereocenters. The fourth-order valence-electron chi connectivity index (χ4n) is 9.12. The number of imidazole rings is 1. The van der Waals surface area contributed by atoms with Crippen molar-refractivity contribution in [3.8, 4) is 45.1 Å². The Bertz CT molecular complexity index is 3030. The highest BCUT2D eigenvalue weighted by Gasteiger charge is 2.25. The lowest BCUT2D eigenvalue weighted by molar-refractivity contribution is 0.305. The van der Waals surface area contributed by atoms with E-state index in [0.717, 1.165) is 110 Å². The number of aromatic nitrogens is 8. The van der Waals surface area contributed by atoms with Gasteiger partial charge in [-0.2, -0.15) is 4.98 Å². The lowest BCUT2D eigenvalue weighted by atomic mass is 9.90. The second-order valence-corrected chi connectivity index (χ2v) is 16.5. The highest BCUT2D eigenvalue weighted by molar-refractivity contribution is 5.95. The van der Waals surface area contributed by atoms with Gasteiger partial charge < -0.3 is 35.8 Å². The van der Waals surface area contributed by atoms with Crippen molar-refractivity contribution in [2.45, 2.75) is 59.9 Å². The molecule has 0 bridgehead atoms. The number of hydrogen-bond donors (Lipinski definition) is 6. The van der Waals surface area contributed by atoms with Gasteiger partial charge in [0.25, 0.3) is 11.8 Å². The number of H-pyrrole nitrogens is 3. The summed E-state index contributed by atoms with van der Waals surface area (Å²) in [4.78, 5) is 30.1. The molecular weight excluding hydrogens is 747 g/mol. The fourth-order valence-corrected chi connectivity index (χ4v) is 9.12. The molecule has 3 aromatic carbocycles. The third-order valence-corrected chi connectivity index (χ3v) is 12.1. The van der Waals surface area contributed by atoms with Gasteiger partial charge in [-0.3, -0.25) is 9.97 Å². The zero-order valence-corrected chi connectivity index (χ0v) is 34.6. The van der Waals surface area contributed by atoms with E-state index in [-0.39, 0.29) is 6.04 Å². The molecule has 1 aliphatic rings. The van der Waals surface area contributed by atoms with Crippen LogP contribution in [0.1, 0.15) is 58.6 Å². The topological polar surface area (TPSA) is 175 Å². The Kier molecular flexibility index (Phi) is 9.53. The van der Waals surface area contributed by atoms with E-state index in [2.05, 4.69) is 134 Å². The highest BCUT2D eigenvalue weighted by atomic mass is 16.5. The van der Waals surface area contributed by atoms with Crippen LogP contribution in [0.15, 0.2) is 83.4 Å². The molecule has 302 valence electrons. The minimum absolute atomic E-state index is 0.176. The maximum absolute atomic E-state index is 5.60. The molecule has 2 atom stereocenters. The maximum atomic E-state index is 5.60. The quantitative estimate of drug-likeness (QED) is 0.0788. The summed E-state index contributed by atoms with van der Waals surface area (Å²) in [5.41, 5.74) is 24.2. The van der Waals surface area contributed by atoms with Crippen LogP contribution in [0.3, 0.4) is 0 Å². The van der Waals surface area contributed by atoms with E-state index in [0.29, 0.717) is 30.8 Å². The van der Waals surface area contributed by atoms with Crippen LogP contribution in [0.4, 0.5) is 5.95 Å². The zero-order valence-electron chi connectivity index (χ0n) is 34.6. The van der Waals surface area contributed by atoms with Gasteiger partial charge in [0.1, 0.15) is 5.82 Å². The van der Waals surface area contributed by atoms with E-state index in [1.54, 1.807) is 0 Å². The molecule has 1 fully saturated rings. The monoisotopic (exact) mass is 795 g/mol. The number of anilines is 1. The van der Waals surface area contributed by atoms with Gasteiger partial charge in [-0.05, 0) is 148 Å². The molecule has 0 saturated carbocycles. The SMILES string of the molecule is Cc1cc(-c2[nH]c3cc(-c4ccc5nc(C6CCC(Cc7cc(-c8[nH]c9cc(-c%10nc(NCCN)no%10)ccc9c8C)cc(C)n7)CN6)[nH]c5c4)ccc3c2C)cc(C)n1. The molecule has 0 radical (unpaired) electrons. The van der Waals surface area contributed by atoms with Gasteiger partial charge >= 0.3 is 0 Å². The second-order valence-electron chi connectivity index (χ2n) is 16.5. The Hall–Kier alpha value is -6.63. The lowest BCUT2D eigenvalue weighted by Gasteiger charge is -2.28. The predicted octanol–water partition coefficient (Wildman–Crippen LogP) is 9.56. The maximum Gasteiger partial charge on any atom is 0.263 e. The largest absolute Gasteiger partial charge is 0.354 e. The number of aromatic amines is 3. The Balaban J connectivity index is 0.818. The summed E-state index contributed by atoms with van der Waals surface area (Å²) in [5, 5.41) is 13.3. The number of aryl methyl sites for hydroxylation is 5. The molecule has 0 aliphatic carbocycles. The van der Waals surface area contributed by atoms with Gasteiger partial charge in [0.15, 0.2) is 0 Å². The molecular formula is C48H49N11O. The number of nitrogens with two attached hydrogens (primary N) is 1. The number of benzene rings is 3. The lowest BCUT2D eigenvalue weighted by Crippen LogP contribution is -2.34. The normalized spacial score (nSPS) is 15.8. The summed E-state index contributed by atoms with van der Waals surface area (Å²) < 4.78 is 5.52. The van der Waals surface area contributed by atoms with Crippen molar-refractivity contribution >= 4 is 38.8 Å². The van der Waals surface area contributed by atoms with Crippen LogP contribution in [-0.4, -0.2) is 59.7 Å².